The Morgan fingerprint density at radius 3 is 2.85 bits per heavy atom. The van der Waals surface area contributed by atoms with Gasteiger partial charge >= 0.3 is 0 Å². The molecule has 0 aliphatic rings. The zero-order chi connectivity index (χ0) is 18.7. The van der Waals surface area contributed by atoms with E-state index in [1.165, 1.54) is 6.07 Å². The molecule has 0 saturated carbocycles. The lowest BCUT2D eigenvalue weighted by molar-refractivity contribution is -0.116. The quantitative estimate of drug-likeness (QED) is 0.734. The number of aryl methyl sites for hydroxylation is 2. The van der Waals surface area contributed by atoms with Crippen molar-refractivity contribution in [3.05, 3.63) is 57.7 Å². The zero-order valence-corrected chi connectivity index (χ0v) is 15.0. The molecule has 136 valence electrons. The number of hydrogen-bond donors (Lipinski definition) is 1. The highest BCUT2D eigenvalue weighted by Gasteiger charge is 2.09. The van der Waals surface area contributed by atoms with Crippen LogP contribution in [0.25, 0.3) is 5.65 Å². The number of hydrogen-bond acceptors (Lipinski definition) is 5. The number of nitrogens with zero attached hydrogens (tertiary/aromatic N) is 2. The molecule has 0 spiro atoms. The average Bonchev–Trinajstić information content (AvgIpc) is 2.96. The highest BCUT2D eigenvalue weighted by molar-refractivity contribution is 5.90. The van der Waals surface area contributed by atoms with E-state index >= 15 is 0 Å². The lowest BCUT2D eigenvalue weighted by Crippen LogP contribution is -2.14. The Kier molecular flexibility index (Phi) is 5.06. The van der Waals surface area contributed by atoms with E-state index in [4.69, 9.17) is 9.26 Å². The number of anilines is 1. The molecule has 2 heterocycles. The molecule has 26 heavy (non-hydrogen) atoms. The van der Waals surface area contributed by atoms with Crippen LogP contribution in [0.2, 0.25) is 0 Å². The molecule has 1 N–H and O–H groups in total. The van der Waals surface area contributed by atoms with E-state index < -0.39 is 0 Å². The smallest absolute Gasteiger partial charge is 0.287 e. The average molecular weight is 355 g/mol. The number of nitrogens with one attached hydrogen (secondary N) is 1. The molecule has 3 rings (SSSR count). The summed E-state index contributed by atoms with van der Waals surface area (Å²) in [7, 11) is 0. The van der Waals surface area contributed by atoms with Crippen LogP contribution in [0.3, 0.4) is 0 Å². The van der Waals surface area contributed by atoms with Crippen molar-refractivity contribution in [3.8, 4) is 5.75 Å². The van der Waals surface area contributed by atoms with Crippen LogP contribution in [-0.4, -0.2) is 15.5 Å². The Morgan fingerprint density at radius 2 is 2.08 bits per heavy atom. The molecule has 3 aromatic rings. The van der Waals surface area contributed by atoms with Crippen molar-refractivity contribution in [1.29, 1.82) is 0 Å². The minimum absolute atomic E-state index is 0.0298. The Hall–Kier alpha value is -3.09. The molecular formula is C19H21N3O4. The Bertz CT molecular complexity index is 1000. The number of rotatable bonds is 6. The summed E-state index contributed by atoms with van der Waals surface area (Å²) in [5.74, 6) is 1.21. The van der Waals surface area contributed by atoms with Gasteiger partial charge in [0.05, 0.1) is 5.69 Å². The summed E-state index contributed by atoms with van der Waals surface area (Å²) in [6.07, 6.45) is 1.26. The van der Waals surface area contributed by atoms with Gasteiger partial charge in [-0.1, -0.05) is 13.0 Å². The summed E-state index contributed by atoms with van der Waals surface area (Å²) in [6, 6.07) is 8.57. The zero-order valence-electron chi connectivity index (χ0n) is 15.0. The topological polar surface area (TPSA) is 85.8 Å². The predicted octanol–water partition coefficient (Wildman–Crippen LogP) is 3.22. The molecule has 0 unspecified atom stereocenters. The van der Waals surface area contributed by atoms with Crippen molar-refractivity contribution in [2.45, 2.75) is 40.2 Å². The predicted molar refractivity (Wildman–Crippen MR) is 97.5 cm³/mol. The second-order valence-electron chi connectivity index (χ2n) is 6.15. The van der Waals surface area contributed by atoms with Gasteiger partial charge in [0, 0.05) is 30.3 Å². The van der Waals surface area contributed by atoms with Gasteiger partial charge in [0.25, 0.3) is 5.56 Å². The number of benzene rings is 1. The molecule has 0 atom stereocenters. The fourth-order valence-electron chi connectivity index (χ4n) is 2.58. The summed E-state index contributed by atoms with van der Waals surface area (Å²) >= 11 is 0. The first kappa shape index (κ1) is 17.7. The van der Waals surface area contributed by atoms with Gasteiger partial charge in [-0.15, -0.1) is 4.57 Å². The third kappa shape index (κ3) is 3.93. The van der Waals surface area contributed by atoms with Crippen LogP contribution in [0.5, 0.6) is 5.75 Å². The van der Waals surface area contributed by atoms with Crippen molar-refractivity contribution >= 4 is 17.2 Å². The third-order valence-corrected chi connectivity index (χ3v) is 3.85. The molecule has 0 bridgehead atoms. The Balaban J connectivity index is 1.76. The standard InChI is InChI=1S/C19H21N3O4/c1-4-5-18(23)21-14-7-6-12(2)16(9-14)25-11-15-10-19(24)22-17(20-15)8-13(3)26-22/h6-10H,4-5,11H2,1-3H3,(H,21,23). The van der Waals surface area contributed by atoms with Crippen molar-refractivity contribution in [2.24, 2.45) is 0 Å². The van der Waals surface area contributed by atoms with E-state index in [2.05, 4.69) is 10.3 Å². The fourth-order valence-corrected chi connectivity index (χ4v) is 2.58. The molecule has 0 aliphatic heterocycles. The molecule has 2 aromatic heterocycles. The molecule has 7 heteroatoms. The number of aromatic nitrogens is 2. The van der Waals surface area contributed by atoms with Crippen LogP contribution in [0, 0.1) is 13.8 Å². The van der Waals surface area contributed by atoms with Gasteiger partial charge in [0.1, 0.15) is 18.1 Å². The second kappa shape index (κ2) is 7.43. The maximum Gasteiger partial charge on any atom is 0.287 e. The highest BCUT2D eigenvalue weighted by Crippen LogP contribution is 2.23. The van der Waals surface area contributed by atoms with E-state index in [1.807, 2.05) is 26.0 Å². The molecular weight excluding hydrogens is 334 g/mol. The van der Waals surface area contributed by atoms with Gasteiger partial charge in [-0.25, -0.2) is 4.98 Å². The monoisotopic (exact) mass is 355 g/mol. The van der Waals surface area contributed by atoms with E-state index in [0.29, 0.717) is 35.0 Å². The van der Waals surface area contributed by atoms with E-state index in [-0.39, 0.29) is 18.1 Å². The fraction of sp³-hybridized carbons (Fsp3) is 0.316. The molecule has 0 radical (unpaired) electrons. The third-order valence-electron chi connectivity index (χ3n) is 3.85. The van der Waals surface area contributed by atoms with E-state index in [9.17, 15) is 9.59 Å². The second-order valence-corrected chi connectivity index (χ2v) is 6.15. The molecule has 0 fully saturated rings. The van der Waals surface area contributed by atoms with Crippen LogP contribution < -0.4 is 15.6 Å². The summed E-state index contributed by atoms with van der Waals surface area (Å²) < 4.78 is 12.2. The number of fused-ring (bicyclic) bond motifs is 1. The molecule has 7 nitrogen and oxygen atoms in total. The van der Waals surface area contributed by atoms with Crippen molar-refractivity contribution in [1.82, 2.24) is 9.56 Å². The largest absolute Gasteiger partial charge is 0.487 e. The minimum Gasteiger partial charge on any atom is -0.487 e. The molecule has 0 saturated heterocycles. The normalized spacial score (nSPS) is 10.9. The maximum absolute atomic E-state index is 12.1. The molecule has 0 aliphatic carbocycles. The minimum atomic E-state index is -0.293. The maximum atomic E-state index is 12.1. The number of ether oxygens (including phenoxy) is 1. The summed E-state index contributed by atoms with van der Waals surface area (Å²) in [4.78, 5) is 28.2. The SMILES string of the molecule is CCCC(=O)Nc1ccc(C)c(OCc2cc(=O)n3oc(C)cc3n2)c1. The number of carbonyl (C=O) groups is 1. The van der Waals surface area contributed by atoms with Crippen LogP contribution in [0.15, 0.2) is 39.6 Å². The van der Waals surface area contributed by atoms with Gasteiger partial charge in [0.15, 0.2) is 5.65 Å². The Labute approximate surface area is 150 Å². The lowest BCUT2D eigenvalue weighted by atomic mass is 10.2. The summed E-state index contributed by atoms with van der Waals surface area (Å²) in [5.41, 5.74) is 2.27. The van der Waals surface area contributed by atoms with Gasteiger partial charge in [-0.3, -0.25) is 9.59 Å². The molecule has 1 aromatic carbocycles. The number of amides is 1. The van der Waals surface area contributed by atoms with E-state index in [1.54, 1.807) is 19.1 Å². The van der Waals surface area contributed by atoms with Gasteiger partial charge in [-0.05, 0) is 31.9 Å². The summed E-state index contributed by atoms with van der Waals surface area (Å²) in [6.45, 7) is 5.77. The first-order valence-electron chi connectivity index (χ1n) is 8.49. The first-order chi connectivity index (χ1) is 12.5. The highest BCUT2D eigenvalue weighted by atomic mass is 16.5. The van der Waals surface area contributed by atoms with Gasteiger partial charge < -0.3 is 14.6 Å². The van der Waals surface area contributed by atoms with Crippen LogP contribution in [0.4, 0.5) is 5.69 Å². The molecule has 1 amide bonds. The lowest BCUT2D eigenvalue weighted by Gasteiger charge is -2.11. The Morgan fingerprint density at radius 1 is 1.27 bits per heavy atom. The van der Waals surface area contributed by atoms with Crippen LogP contribution in [-0.2, 0) is 11.4 Å². The first-order valence-corrected chi connectivity index (χ1v) is 8.49. The summed E-state index contributed by atoms with van der Waals surface area (Å²) in [5, 5.41) is 2.84. The number of carbonyl (C=O) groups excluding carboxylic acids is 1. The van der Waals surface area contributed by atoms with E-state index in [0.717, 1.165) is 16.6 Å². The van der Waals surface area contributed by atoms with Crippen molar-refractivity contribution in [3.63, 3.8) is 0 Å². The van der Waals surface area contributed by atoms with Crippen molar-refractivity contribution in [2.75, 3.05) is 5.32 Å². The van der Waals surface area contributed by atoms with Crippen LogP contribution >= 0.6 is 0 Å². The van der Waals surface area contributed by atoms with Gasteiger partial charge in [0.2, 0.25) is 5.91 Å². The van der Waals surface area contributed by atoms with Crippen LogP contribution in [0.1, 0.15) is 36.8 Å². The van der Waals surface area contributed by atoms with Gasteiger partial charge in [-0.2, -0.15) is 0 Å². The van der Waals surface area contributed by atoms with Crippen molar-refractivity contribution < 1.29 is 14.1 Å².